The van der Waals surface area contributed by atoms with Crippen LogP contribution in [0.15, 0.2) is 0 Å². The zero-order valence-corrected chi connectivity index (χ0v) is 13.1. The summed E-state index contributed by atoms with van der Waals surface area (Å²) in [6.45, 7) is 6.70. The normalized spacial score (nSPS) is 14.2. The molecule has 9 nitrogen and oxygen atoms in total. The molecule has 0 spiro atoms. The van der Waals surface area contributed by atoms with Gasteiger partial charge in [0.1, 0.15) is 11.1 Å². The molecule has 1 unspecified atom stereocenters. The third-order valence-electron chi connectivity index (χ3n) is 2.47. The van der Waals surface area contributed by atoms with Crippen LogP contribution in [0.3, 0.4) is 0 Å². The molecule has 0 bridgehead atoms. The third-order valence-corrected chi connectivity index (χ3v) is 2.47. The Bertz CT molecular complexity index is 522. The molecule has 0 fully saturated rings. The lowest BCUT2D eigenvalue weighted by molar-refractivity contribution is -0.147. The second-order valence-corrected chi connectivity index (χ2v) is 5.82. The van der Waals surface area contributed by atoms with Crippen molar-refractivity contribution in [3.8, 4) is 0 Å². The Morgan fingerprint density at radius 2 is 1.90 bits per heavy atom. The number of alkyl carbamates (subject to hydrolysis) is 1. The number of nitrogens with zero attached hydrogens (tertiary/aromatic N) is 4. The maximum Gasteiger partial charge on any atom is 0.408 e. The topological polar surface area (TPSA) is 108 Å². The molecule has 1 aromatic rings. The number of methoxy groups -OCH3 is 1. The molecule has 0 saturated carbocycles. The number of esters is 1. The fourth-order valence-corrected chi connectivity index (χ4v) is 1.63. The Balaban J connectivity index is 2.88. The number of tetrazole rings is 1. The van der Waals surface area contributed by atoms with Gasteiger partial charge < -0.3 is 14.8 Å². The van der Waals surface area contributed by atoms with Crippen LogP contribution in [0.1, 0.15) is 33.5 Å². The first-order chi connectivity index (χ1) is 9.55. The van der Waals surface area contributed by atoms with Crippen molar-refractivity contribution in [2.24, 2.45) is 7.05 Å². The van der Waals surface area contributed by atoms with Crippen molar-refractivity contribution in [2.45, 2.75) is 45.3 Å². The average molecular weight is 299 g/mol. The second-order valence-electron chi connectivity index (χ2n) is 5.82. The van der Waals surface area contributed by atoms with E-state index in [1.54, 1.807) is 27.8 Å². The lowest BCUT2D eigenvalue weighted by Crippen LogP contribution is -2.55. The summed E-state index contributed by atoms with van der Waals surface area (Å²) in [5.41, 5.74) is -2.02. The molecule has 1 heterocycles. The van der Waals surface area contributed by atoms with E-state index in [0.29, 0.717) is 5.82 Å². The number of amides is 1. The number of hydrogen-bond donors (Lipinski definition) is 1. The van der Waals surface area contributed by atoms with Crippen LogP contribution < -0.4 is 5.32 Å². The van der Waals surface area contributed by atoms with Crippen molar-refractivity contribution >= 4 is 12.1 Å². The highest BCUT2D eigenvalue weighted by atomic mass is 16.6. The van der Waals surface area contributed by atoms with Crippen LogP contribution in [0.4, 0.5) is 4.79 Å². The van der Waals surface area contributed by atoms with E-state index in [1.165, 1.54) is 18.8 Å². The van der Waals surface area contributed by atoms with Crippen LogP contribution in [0.2, 0.25) is 0 Å². The van der Waals surface area contributed by atoms with Gasteiger partial charge in [0.2, 0.25) is 0 Å². The molecule has 1 amide bonds. The van der Waals surface area contributed by atoms with Crippen molar-refractivity contribution in [2.75, 3.05) is 7.11 Å². The zero-order chi connectivity index (χ0) is 16.3. The van der Waals surface area contributed by atoms with Crippen LogP contribution in [0.5, 0.6) is 0 Å². The molecule has 0 saturated heterocycles. The maximum absolute atomic E-state index is 12.0. The molecular formula is C12H21N5O4. The van der Waals surface area contributed by atoms with E-state index < -0.39 is 23.2 Å². The van der Waals surface area contributed by atoms with Gasteiger partial charge in [-0.3, -0.25) is 0 Å². The van der Waals surface area contributed by atoms with Gasteiger partial charge in [-0.15, -0.1) is 10.2 Å². The molecule has 1 rings (SSSR count). The van der Waals surface area contributed by atoms with E-state index in [0.717, 1.165) is 0 Å². The van der Waals surface area contributed by atoms with Crippen molar-refractivity contribution in [3.05, 3.63) is 5.82 Å². The van der Waals surface area contributed by atoms with Crippen molar-refractivity contribution in [3.63, 3.8) is 0 Å². The fraction of sp³-hybridized carbons (Fsp3) is 0.750. The van der Waals surface area contributed by atoms with Gasteiger partial charge in [-0.25, -0.2) is 9.59 Å². The van der Waals surface area contributed by atoms with Gasteiger partial charge in [-0.05, 0) is 32.9 Å². The average Bonchev–Trinajstić information content (AvgIpc) is 2.70. The summed E-state index contributed by atoms with van der Waals surface area (Å²) in [6, 6.07) is 0. The highest BCUT2D eigenvalue weighted by Gasteiger charge is 2.39. The van der Waals surface area contributed by atoms with Crippen LogP contribution in [0.25, 0.3) is 0 Å². The Morgan fingerprint density at radius 3 is 2.33 bits per heavy atom. The summed E-state index contributed by atoms with van der Waals surface area (Å²) in [6.07, 6.45) is -0.688. The predicted octanol–water partition coefficient (Wildman–Crippen LogP) is 0.209. The van der Waals surface area contributed by atoms with E-state index in [2.05, 4.69) is 20.7 Å². The minimum Gasteiger partial charge on any atom is -0.467 e. The summed E-state index contributed by atoms with van der Waals surface area (Å²) in [5.74, 6) is -0.317. The van der Waals surface area contributed by atoms with Gasteiger partial charge in [0, 0.05) is 6.42 Å². The Labute approximate surface area is 123 Å². The number of carbonyl (C=O) groups excluding carboxylic acids is 2. The van der Waals surface area contributed by atoms with Crippen molar-refractivity contribution in [1.82, 2.24) is 25.5 Å². The molecule has 1 aromatic heterocycles. The number of nitrogens with one attached hydrogen (secondary N) is 1. The van der Waals surface area contributed by atoms with Gasteiger partial charge in [0.15, 0.2) is 5.82 Å². The number of rotatable bonds is 4. The van der Waals surface area contributed by atoms with Gasteiger partial charge in [-0.1, -0.05) is 0 Å². The van der Waals surface area contributed by atoms with E-state index in [4.69, 9.17) is 9.47 Å². The minimum atomic E-state index is -1.35. The molecule has 0 aliphatic heterocycles. The molecule has 0 aliphatic carbocycles. The Morgan fingerprint density at radius 1 is 1.29 bits per heavy atom. The van der Waals surface area contributed by atoms with E-state index in [9.17, 15) is 9.59 Å². The maximum atomic E-state index is 12.0. The quantitative estimate of drug-likeness (QED) is 0.791. The lowest BCUT2D eigenvalue weighted by Gasteiger charge is -2.28. The number of hydrogen-bond acceptors (Lipinski definition) is 7. The largest absolute Gasteiger partial charge is 0.467 e. The van der Waals surface area contributed by atoms with Crippen LogP contribution in [-0.4, -0.2) is 50.5 Å². The summed E-state index contributed by atoms with van der Waals surface area (Å²) >= 11 is 0. The highest BCUT2D eigenvalue weighted by Crippen LogP contribution is 2.14. The number of carbonyl (C=O) groups is 2. The number of ether oxygens (including phenoxy) is 2. The molecule has 0 aliphatic rings. The summed E-state index contributed by atoms with van der Waals surface area (Å²) in [5, 5.41) is 14.0. The van der Waals surface area contributed by atoms with Gasteiger partial charge >= 0.3 is 12.1 Å². The number of aromatic nitrogens is 4. The van der Waals surface area contributed by atoms with Crippen molar-refractivity contribution in [1.29, 1.82) is 0 Å². The summed E-state index contributed by atoms with van der Waals surface area (Å²) in [4.78, 5) is 25.1. The van der Waals surface area contributed by atoms with Crippen LogP contribution in [-0.2, 0) is 27.7 Å². The van der Waals surface area contributed by atoms with Crippen LogP contribution >= 0.6 is 0 Å². The Hall–Kier alpha value is -2.19. The standard InChI is InChI=1S/C12H21N5O4/c1-11(2,3)21-10(19)13-12(4,9(18)20-6)7-8-14-16-17(5)15-8/h7H2,1-6H3,(H,13,19). The van der Waals surface area contributed by atoms with Gasteiger partial charge in [0.25, 0.3) is 0 Å². The fourth-order valence-electron chi connectivity index (χ4n) is 1.63. The van der Waals surface area contributed by atoms with E-state index in [-0.39, 0.29) is 6.42 Å². The third kappa shape index (κ3) is 5.01. The molecule has 0 radical (unpaired) electrons. The lowest BCUT2D eigenvalue weighted by atomic mass is 9.98. The molecule has 118 valence electrons. The minimum absolute atomic E-state index is 0.0345. The van der Waals surface area contributed by atoms with E-state index >= 15 is 0 Å². The smallest absolute Gasteiger partial charge is 0.408 e. The van der Waals surface area contributed by atoms with Crippen LogP contribution in [0, 0.1) is 0 Å². The molecule has 1 atom stereocenters. The molecule has 9 heteroatoms. The molecule has 21 heavy (non-hydrogen) atoms. The first kappa shape index (κ1) is 16.9. The second kappa shape index (κ2) is 6.06. The monoisotopic (exact) mass is 299 g/mol. The van der Waals surface area contributed by atoms with Gasteiger partial charge in [0.05, 0.1) is 14.2 Å². The summed E-state index contributed by atoms with van der Waals surface area (Å²) in [7, 11) is 2.84. The Kier molecular flexibility index (Phi) is 4.87. The zero-order valence-electron chi connectivity index (χ0n) is 13.1. The highest BCUT2D eigenvalue weighted by molar-refractivity contribution is 5.85. The molecular weight excluding hydrogens is 278 g/mol. The predicted molar refractivity (Wildman–Crippen MR) is 72.3 cm³/mol. The number of aryl methyl sites for hydroxylation is 1. The first-order valence-corrected chi connectivity index (χ1v) is 6.38. The van der Waals surface area contributed by atoms with Crippen molar-refractivity contribution < 1.29 is 19.1 Å². The first-order valence-electron chi connectivity index (χ1n) is 6.38. The SMILES string of the molecule is COC(=O)C(C)(Cc1nnn(C)n1)NC(=O)OC(C)(C)C. The van der Waals surface area contributed by atoms with Gasteiger partial charge in [-0.2, -0.15) is 4.80 Å². The molecule has 0 aromatic carbocycles. The molecule has 1 N–H and O–H groups in total. The van der Waals surface area contributed by atoms with E-state index in [1.807, 2.05) is 0 Å². The summed E-state index contributed by atoms with van der Waals surface area (Å²) < 4.78 is 9.88.